The van der Waals surface area contributed by atoms with Crippen molar-refractivity contribution in [2.24, 2.45) is 0 Å². The Kier molecular flexibility index (Phi) is 12.5. The molecule has 6 nitrogen and oxygen atoms in total. The highest BCUT2D eigenvalue weighted by Crippen LogP contribution is 2.02. The molecule has 0 fully saturated rings. The highest BCUT2D eigenvalue weighted by atomic mass is 16.3. The lowest BCUT2D eigenvalue weighted by Crippen LogP contribution is -2.35. The van der Waals surface area contributed by atoms with Crippen molar-refractivity contribution < 1.29 is 19.8 Å². The molecule has 0 spiro atoms. The third kappa shape index (κ3) is 13.1. The lowest BCUT2D eigenvalue weighted by molar-refractivity contribution is -0.129. The number of rotatable bonds is 11. The van der Waals surface area contributed by atoms with E-state index in [0.717, 1.165) is 32.1 Å². The van der Waals surface area contributed by atoms with Crippen LogP contribution < -0.4 is 10.9 Å². The molecule has 0 unspecified atom stereocenters. The third-order valence-electron chi connectivity index (χ3n) is 2.67. The molecule has 0 aromatic heterocycles. The summed E-state index contributed by atoms with van der Waals surface area (Å²) in [6.45, 7) is 0.325. The van der Waals surface area contributed by atoms with Gasteiger partial charge in [0.05, 0.1) is 0 Å². The van der Waals surface area contributed by atoms with E-state index >= 15 is 0 Å². The number of hydrogen-bond acceptors (Lipinski definition) is 4. The van der Waals surface area contributed by atoms with Crippen LogP contribution >= 0.6 is 0 Å². The molecule has 0 atom stereocenters. The molecule has 3 N–H and O–H groups in total. The van der Waals surface area contributed by atoms with Gasteiger partial charge in [-0.3, -0.25) is 9.59 Å². The molecule has 0 aromatic carbocycles. The van der Waals surface area contributed by atoms with Gasteiger partial charge < -0.3 is 10.2 Å². The van der Waals surface area contributed by atoms with E-state index in [0.29, 0.717) is 25.7 Å². The maximum absolute atomic E-state index is 11.3. The number of nitrogens with one attached hydrogen (secondary N) is 1. The SMILES string of the molecule is O=C(CCCCCCO)[N]NC(=O)CCCCCO. The summed E-state index contributed by atoms with van der Waals surface area (Å²) < 4.78 is 0. The summed E-state index contributed by atoms with van der Waals surface area (Å²) in [7, 11) is 0. The predicted octanol–water partition coefficient (Wildman–Crippen LogP) is 0.644. The summed E-state index contributed by atoms with van der Waals surface area (Å²) in [4.78, 5) is 22.6. The number of nitrogens with zero attached hydrogens (tertiary/aromatic N) is 1. The smallest absolute Gasteiger partial charge is 0.262 e. The van der Waals surface area contributed by atoms with Crippen LogP contribution in [0, 0.1) is 0 Å². The van der Waals surface area contributed by atoms with Gasteiger partial charge in [-0.25, -0.2) is 5.43 Å². The minimum absolute atomic E-state index is 0.140. The molecule has 0 saturated heterocycles. The molecular weight excluding hydrogens is 248 g/mol. The zero-order valence-electron chi connectivity index (χ0n) is 11.4. The molecule has 0 aliphatic rings. The van der Waals surface area contributed by atoms with Crippen LogP contribution in [-0.2, 0) is 9.59 Å². The monoisotopic (exact) mass is 273 g/mol. The van der Waals surface area contributed by atoms with Crippen LogP contribution in [0.4, 0.5) is 0 Å². The summed E-state index contributed by atoms with van der Waals surface area (Å²) in [5, 5.41) is 17.1. The van der Waals surface area contributed by atoms with Gasteiger partial charge in [-0.15, -0.1) is 5.43 Å². The van der Waals surface area contributed by atoms with Crippen molar-refractivity contribution in [3.63, 3.8) is 0 Å². The Morgan fingerprint density at radius 2 is 1.32 bits per heavy atom. The van der Waals surface area contributed by atoms with Gasteiger partial charge in [-0.05, 0) is 25.7 Å². The number of aliphatic hydroxyl groups is 2. The molecule has 0 aliphatic heterocycles. The van der Waals surface area contributed by atoms with Crippen molar-refractivity contribution in [3.05, 3.63) is 0 Å². The fraction of sp³-hybridized carbons (Fsp3) is 0.846. The fourth-order valence-corrected chi connectivity index (χ4v) is 1.55. The predicted molar refractivity (Wildman–Crippen MR) is 71.0 cm³/mol. The van der Waals surface area contributed by atoms with Crippen molar-refractivity contribution in [1.82, 2.24) is 10.9 Å². The molecule has 0 rings (SSSR count). The number of unbranched alkanes of at least 4 members (excludes halogenated alkanes) is 5. The number of hydrogen-bond donors (Lipinski definition) is 3. The second-order valence-electron chi connectivity index (χ2n) is 4.46. The van der Waals surface area contributed by atoms with Crippen LogP contribution in [0.2, 0.25) is 0 Å². The molecule has 111 valence electrons. The molecule has 0 heterocycles. The standard InChI is InChI=1S/C13H25N2O4/c16-10-6-2-1-4-8-12(18)14-15-13(19)9-5-3-7-11-17/h16-17H,1-11H2,(H,15,19). The summed E-state index contributed by atoms with van der Waals surface area (Å²) in [6.07, 6.45) is 6.11. The maximum Gasteiger partial charge on any atom is 0.262 e. The summed E-state index contributed by atoms with van der Waals surface area (Å²) in [5.74, 6) is -0.570. The highest BCUT2D eigenvalue weighted by Gasteiger charge is 2.06. The lowest BCUT2D eigenvalue weighted by atomic mass is 10.1. The summed E-state index contributed by atoms with van der Waals surface area (Å²) in [6, 6.07) is 0. The second-order valence-corrected chi connectivity index (χ2v) is 4.46. The Morgan fingerprint density at radius 1 is 0.789 bits per heavy atom. The zero-order chi connectivity index (χ0) is 14.3. The number of carbonyl (C=O) groups excluding carboxylic acids is 2. The van der Waals surface area contributed by atoms with E-state index in [4.69, 9.17) is 10.2 Å². The maximum atomic E-state index is 11.3. The van der Waals surface area contributed by atoms with E-state index < -0.39 is 0 Å². The van der Waals surface area contributed by atoms with Gasteiger partial charge in [0.15, 0.2) is 0 Å². The first kappa shape index (κ1) is 17.9. The van der Waals surface area contributed by atoms with Crippen LogP contribution in [-0.4, -0.2) is 35.2 Å². The average molecular weight is 273 g/mol. The second kappa shape index (κ2) is 13.3. The number of aliphatic hydroxyl groups excluding tert-OH is 2. The Hall–Kier alpha value is -1.14. The summed E-state index contributed by atoms with van der Waals surface area (Å²) >= 11 is 0. The molecular formula is C13H25N2O4. The van der Waals surface area contributed by atoms with Gasteiger partial charge in [0.25, 0.3) is 5.91 Å². The van der Waals surface area contributed by atoms with Crippen LogP contribution in [0.3, 0.4) is 0 Å². The van der Waals surface area contributed by atoms with Gasteiger partial charge in [0, 0.05) is 26.1 Å². The molecule has 6 heteroatoms. The first-order valence-electron chi connectivity index (χ1n) is 6.95. The van der Waals surface area contributed by atoms with Crippen molar-refractivity contribution in [1.29, 1.82) is 0 Å². The van der Waals surface area contributed by atoms with E-state index in [-0.39, 0.29) is 25.0 Å². The van der Waals surface area contributed by atoms with Crippen LogP contribution in [0.5, 0.6) is 0 Å². The molecule has 0 aromatic rings. The van der Waals surface area contributed by atoms with Crippen molar-refractivity contribution in [2.45, 2.75) is 57.8 Å². The molecule has 0 aliphatic carbocycles. The van der Waals surface area contributed by atoms with Gasteiger partial charge in [-0.1, -0.05) is 19.3 Å². The van der Waals surface area contributed by atoms with E-state index in [1.54, 1.807) is 0 Å². The quantitative estimate of drug-likeness (QED) is 0.380. The average Bonchev–Trinajstić information content (AvgIpc) is 2.41. The van der Waals surface area contributed by atoms with Gasteiger partial charge in [-0.2, -0.15) is 0 Å². The Bertz CT molecular complexity index is 247. The molecule has 1 radical (unpaired) electrons. The normalized spacial score (nSPS) is 10.2. The molecule has 0 saturated carbocycles. The molecule has 2 amide bonds. The van der Waals surface area contributed by atoms with Crippen molar-refractivity contribution in [3.8, 4) is 0 Å². The van der Waals surface area contributed by atoms with Gasteiger partial charge in [0.2, 0.25) is 5.91 Å². The van der Waals surface area contributed by atoms with E-state index in [1.807, 2.05) is 0 Å². The Balaban J connectivity index is 3.38. The molecule has 0 bridgehead atoms. The number of carbonyl (C=O) groups is 2. The van der Waals surface area contributed by atoms with E-state index in [1.165, 1.54) is 0 Å². The van der Waals surface area contributed by atoms with E-state index in [2.05, 4.69) is 10.9 Å². The molecule has 19 heavy (non-hydrogen) atoms. The van der Waals surface area contributed by atoms with Crippen molar-refractivity contribution in [2.75, 3.05) is 13.2 Å². The Labute approximate surface area is 114 Å². The first-order chi connectivity index (χ1) is 9.20. The van der Waals surface area contributed by atoms with Gasteiger partial charge >= 0.3 is 0 Å². The Morgan fingerprint density at radius 3 is 1.95 bits per heavy atom. The van der Waals surface area contributed by atoms with Crippen LogP contribution in [0.1, 0.15) is 57.8 Å². The van der Waals surface area contributed by atoms with Crippen LogP contribution in [0.25, 0.3) is 0 Å². The zero-order valence-corrected chi connectivity index (χ0v) is 11.4. The fourth-order valence-electron chi connectivity index (χ4n) is 1.55. The van der Waals surface area contributed by atoms with E-state index in [9.17, 15) is 9.59 Å². The topological polar surface area (TPSA) is 101 Å². The first-order valence-corrected chi connectivity index (χ1v) is 6.95. The minimum atomic E-state index is -0.312. The summed E-state index contributed by atoms with van der Waals surface area (Å²) in [5.41, 5.74) is 5.75. The van der Waals surface area contributed by atoms with Gasteiger partial charge in [0.1, 0.15) is 0 Å². The minimum Gasteiger partial charge on any atom is -0.396 e. The van der Waals surface area contributed by atoms with Crippen molar-refractivity contribution >= 4 is 11.8 Å². The van der Waals surface area contributed by atoms with Crippen LogP contribution in [0.15, 0.2) is 0 Å². The lowest BCUT2D eigenvalue weighted by Gasteiger charge is -2.04. The highest BCUT2D eigenvalue weighted by molar-refractivity contribution is 5.81. The largest absolute Gasteiger partial charge is 0.396 e. The third-order valence-corrected chi connectivity index (χ3v) is 2.67. The number of amides is 2.